The molecule has 0 aliphatic heterocycles. The van der Waals surface area contributed by atoms with Crippen molar-refractivity contribution < 1.29 is 9.53 Å². The van der Waals surface area contributed by atoms with E-state index in [0.717, 1.165) is 17.7 Å². The van der Waals surface area contributed by atoms with E-state index in [2.05, 4.69) is 17.4 Å². The first-order chi connectivity index (χ1) is 11.7. The highest BCUT2D eigenvalue weighted by molar-refractivity contribution is 5.85. The fourth-order valence-electron chi connectivity index (χ4n) is 2.81. The highest BCUT2D eigenvalue weighted by atomic mass is 35.5. The van der Waals surface area contributed by atoms with Gasteiger partial charge in [-0.1, -0.05) is 42.5 Å². The maximum atomic E-state index is 12.1. The van der Waals surface area contributed by atoms with Crippen LogP contribution in [0.4, 0.5) is 0 Å². The number of nitrogens with two attached hydrogens (primary N) is 1. The van der Waals surface area contributed by atoms with Gasteiger partial charge in [-0.25, -0.2) is 0 Å². The highest BCUT2D eigenvalue weighted by Gasteiger charge is 2.44. The van der Waals surface area contributed by atoms with E-state index in [1.54, 1.807) is 0 Å². The van der Waals surface area contributed by atoms with E-state index in [1.807, 2.05) is 49.4 Å². The summed E-state index contributed by atoms with van der Waals surface area (Å²) in [6.07, 6.45) is 0.910. The van der Waals surface area contributed by atoms with Crippen molar-refractivity contribution in [2.45, 2.75) is 31.9 Å². The van der Waals surface area contributed by atoms with E-state index >= 15 is 0 Å². The van der Waals surface area contributed by atoms with Gasteiger partial charge in [-0.3, -0.25) is 4.79 Å². The minimum Gasteiger partial charge on any atom is -0.489 e. The zero-order valence-corrected chi connectivity index (χ0v) is 15.2. The summed E-state index contributed by atoms with van der Waals surface area (Å²) in [5, 5.41) is 2.95. The smallest absolute Gasteiger partial charge is 0.224 e. The van der Waals surface area contributed by atoms with Gasteiger partial charge in [-0.15, -0.1) is 12.4 Å². The Morgan fingerprint density at radius 3 is 2.52 bits per heavy atom. The first-order valence-corrected chi connectivity index (χ1v) is 8.44. The molecule has 3 N–H and O–H groups in total. The van der Waals surface area contributed by atoms with Crippen molar-refractivity contribution in [1.82, 2.24) is 5.32 Å². The van der Waals surface area contributed by atoms with Crippen molar-refractivity contribution in [3.05, 3.63) is 65.7 Å². The normalized spacial score (nSPS) is 19.4. The summed E-state index contributed by atoms with van der Waals surface area (Å²) in [6.45, 7) is 2.95. The molecule has 4 nitrogen and oxygen atoms in total. The third-order valence-electron chi connectivity index (χ3n) is 4.43. The second kappa shape index (κ2) is 8.88. The average molecular weight is 361 g/mol. The number of rotatable bonds is 7. The summed E-state index contributed by atoms with van der Waals surface area (Å²) in [7, 11) is 0. The summed E-state index contributed by atoms with van der Waals surface area (Å²) in [6, 6.07) is 18.2. The van der Waals surface area contributed by atoms with Crippen LogP contribution >= 0.6 is 12.4 Å². The maximum absolute atomic E-state index is 12.1. The molecular formula is C20H25ClN2O2. The van der Waals surface area contributed by atoms with Crippen LogP contribution in [-0.4, -0.2) is 18.5 Å². The number of hydrogen-bond acceptors (Lipinski definition) is 3. The summed E-state index contributed by atoms with van der Waals surface area (Å²) >= 11 is 0. The summed E-state index contributed by atoms with van der Waals surface area (Å²) in [5.41, 5.74) is 7.89. The molecule has 25 heavy (non-hydrogen) atoms. The monoisotopic (exact) mass is 360 g/mol. The SMILES string of the molecule is C[C@@H](CN)NC(=O)C1CC1c1ccc(OCc2ccccc2)cc1.Cl. The minimum atomic E-state index is 0. The fraction of sp³-hybridized carbons (Fsp3) is 0.350. The third kappa shape index (κ3) is 5.21. The van der Waals surface area contributed by atoms with Crippen LogP contribution < -0.4 is 15.8 Å². The van der Waals surface area contributed by atoms with Crippen molar-refractivity contribution in [2.75, 3.05) is 6.54 Å². The lowest BCUT2D eigenvalue weighted by Crippen LogP contribution is -2.38. The Morgan fingerprint density at radius 1 is 1.20 bits per heavy atom. The Morgan fingerprint density at radius 2 is 1.88 bits per heavy atom. The highest BCUT2D eigenvalue weighted by Crippen LogP contribution is 2.47. The quantitative estimate of drug-likeness (QED) is 0.796. The first kappa shape index (κ1) is 19.3. The topological polar surface area (TPSA) is 64.3 Å². The van der Waals surface area contributed by atoms with Crippen LogP contribution in [0.2, 0.25) is 0 Å². The van der Waals surface area contributed by atoms with Crippen LogP contribution in [-0.2, 0) is 11.4 Å². The van der Waals surface area contributed by atoms with Gasteiger partial charge in [0.15, 0.2) is 0 Å². The zero-order valence-electron chi connectivity index (χ0n) is 14.4. The van der Waals surface area contributed by atoms with Crippen molar-refractivity contribution in [3.8, 4) is 5.75 Å². The number of halogens is 1. The number of carbonyl (C=O) groups is 1. The molecule has 2 aromatic rings. The molecule has 0 aromatic heterocycles. The lowest BCUT2D eigenvalue weighted by molar-refractivity contribution is -0.122. The van der Waals surface area contributed by atoms with Gasteiger partial charge in [0, 0.05) is 18.5 Å². The average Bonchev–Trinajstić information content (AvgIpc) is 3.42. The molecule has 1 amide bonds. The first-order valence-electron chi connectivity index (χ1n) is 8.44. The molecule has 5 heteroatoms. The number of ether oxygens (including phenoxy) is 1. The Kier molecular flexibility index (Phi) is 6.85. The van der Waals surface area contributed by atoms with Gasteiger partial charge in [0.25, 0.3) is 0 Å². The van der Waals surface area contributed by atoms with Gasteiger partial charge in [0.05, 0.1) is 0 Å². The molecule has 3 rings (SSSR count). The number of hydrogen-bond donors (Lipinski definition) is 2. The molecule has 1 aliphatic rings. The van der Waals surface area contributed by atoms with Gasteiger partial charge < -0.3 is 15.8 Å². The van der Waals surface area contributed by atoms with Gasteiger partial charge in [-0.2, -0.15) is 0 Å². The standard InChI is InChI=1S/C20H24N2O2.ClH/c1-14(12-21)22-20(23)19-11-18(19)16-7-9-17(10-8-16)24-13-15-5-3-2-4-6-15;/h2-10,14,18-19H,11-13,21H2,1H3,(H,22,23);1H/t14-,18?,19?;/m0./s1. The molecule has 1 fully saturated rings. The number of carbonyl (C=O) groups excluding carboxylic acids is 1. The van der Waals surface area contributed by atoms with Crippen LogP contribution in [0.25, 0.3) is 0 Å². The molecule has 1 saturated carbocycles. The molecular weight excluding hydrogens is 336 g/mol. The maximum Gasteiger partial charge on any atom is 0.224 e. The fourth-order valence-corrected chi connectivity index (χ4v) is 2.81. The second-order valence-corrected chi connectivity index (χ2v) is 6.44. The zero-order chi connectivity index (χ0) is 16.9. The minimum absolute atomic E-state index is 0. The Labute approximate surface area is 155 Å². The van der Waals surface area contributed by atoms with Crippen LogP contribution in [0, 0.1) is 5.92 Å². The van der Waals surface area contributed by atoms with Crippen LogP contribution in [0.1, 0.15) is 30.4 Å². The summed E-state index contributed by atoms with van der Waals surface area (Å²) in [4.78, 5) is 12.1. The second-order valence-electron chi connectivity index (χ2n) is 6.44. The van der Waals surface area contributed by atoms with E-state index in [9.17, 15) is 4.79 Å². The molecule has 0 bridgehead atoms. The molecule has 1 aliphatic carbocycles. The molecule has 0 heterocycles. The van der Waals surface area contributed by atoms with Crippen LogP contribution in [0.5, 0.6) is 5.75 Å². The van der Waals surface area contributed by atoms with E-state index in [4.69, 9.17) is 10.5 Å². The van der Waals surface area contributed by atoms with Crippen molar-refractivity contribution >= 4 is 18.3 Å². The molecule has 0 radical (unpaired) electrons. The molecule has 0 spiro atoms. The number of nitrogens with one attached hydrogen (secondary N) is 1. The molecule has 3 atom stereocenters. The lowest BCUT2D eigenvalue weighted by Gasteiger charge is -2.11. The molecule has 134 valence electrons. The Hall–Kier alpha value is -2.04. The van der Waals surface area contributed by atoms with E-state index in [1.165, 1.54) is 5.56 Å². The number of benzene rings is 2. The van der Waals surface area contributed by atoms with E-state index < -0.39 is 0 Å². The predicted octanol–water partition coefficient (Wildman–Crippen LogP) is 3.25. The Balaban J connectivity index is 0.00000225. The molecule has 2 unspecified atom stereocenters. The van der Waals surface area contributed by atoms with Gasteiger partial charge in [0.2, 0.25) is 5.91 Å². The largest absolute Gasteiger partial charge is 0.489 e. The van der Waals surface area contributed by atoms with E-state index in [0.29, 0.717) is 19.1 Å². The third-order valence-corrected chi connectivity index (χ3v) is 4.43. The van der Waals surface area contributed by atoms with Crippen molar-refractivity contribution in [2.24, 2.45) is 11.7 Å². The van der Waals surface area contributed by atoms with Crippen LogP contribution in [0.15, 0.2) is 54.6 Å². The van der Waals surface area contributed by atoms with E-state index in [-0.39, 0.29) is 30.3 Å². The summed E-state index contributed by atoms with van der Waals surface area (Å²) < 4.78 is 5.80. The van der Waals surface area contributed by atoms with Gasteiger partial charge in [-0.05, 0) is 42.5 Å². The van der Waals surface area contributed by atoms with Gasteiger partial charge in [0.1, 0.15) is 12.4 Å². The Bertz CT molecular complexity index is 676. The molecule has 2 aromatic carbocycles. The van der Waals surface area contributed by atoms with Crippen LogP contribution in [0.3, 0.4) is 0 Å². The predicted molar refractivity (Wildman–Crippen MR) is 102 cm³/mol. The summed E-state index contributed by atoms with van der Waals surface area (Å²) in [5.74, 6) is 1.36. The number of amides is 1. The van der Waals surface area contributed by atoms with Crippen molar-refractivity contribution in [3.63, 3.8) is 0 Å². The van der Waals surface area contributed by atoms with Gasteiger partial charge >= 0.3 is 0 Å². The lowest BCUT2D eigenvalue weighted by atomic mass is 10.1. The van der Waals surface area contributed by atoms with Crippen molar-refractivity contribution in [1.29, 1.82) is 0 Å². The molecule has 0 saturated heterocycles.